The molecule has 11 nitrogen and oxygen atoms in total. The number of thioether (sulfide) groups is 1. The summed E-state index contributed by atoms with van der Waals surface area (Å²) in [7, 11) is 1.89. The van der Waals surface area contributed by atoms with E-state index < -0.39 is 12.1 Å². The molecular weight excluding hydrogens is 488 g/mol. The van der Waals surface area contributed by atoms with Gasteiger partial charge in [0.15, 0.2) is 0 Å². The van der Waals surface area contributed by atoms with Crippen molar-refractivity contribution in [3.63, 3.8) is 0 Å². The van der Waals surface area contributed by atoms with E-state index in [2.05, 4.69) is 6.58 Å². The summed E-state index contributed by atoms with van der Waals surface area (Å²) < 4.78 is 5.30. The maximum Gasteiger partial charge on any atom is 0.410 e. The van der Waals surface area contributed by atoms with Crippen molar-refractivity contribution in [1.29, 1.82) is 0 Å². The highest BCUT2D eigenvalue weighted by Crippen LogP contribution is 2.52. The molecule has 4 rings (SSSR count). The van der Waals surface area contributed by atoms with Crippen molar-refractivity contribution < 1.29 is 34.1 Å². The number of nitrogens with zero attached hydrogens (tertiary/aromatic N) is 4. The topological polar surface area (TPSA) is 131 Å². The molecule has 2 N–H and O–H groups in total. The average Bonchev–Trinajstić information content (AvgIpc) is 3.34. The molecule has 0 aromatic carbocycles. The van der Waals surface area contributed by atoms with Crippen LogP contribution in [0.1, 0.15) is 19.8 Å². The van der Waals surface area contributed by atoms with E-state index >= 15 is 0 Å². The monoisotopic (exact) mass is 522 g/mol. The number of fused-ring (bicyclic) bond motifs is 1. The molecule has 3 saturated heterocycles. The lowest BCUT2D eigenvalue weighted by Gasteiger charge is -2.45. The first-order valence-corrected chi connectivity index (χ1v) is 13.1. The van der Waals surface area contributed by atoms with E-state index in [1.807, 2.05) is 18.9 Å². The van der Waals surface area contributed by atoms with E-state index in [9.17, 15) is 29.4 Å². The number of likely N-dealkylation sites (N-methyl/N-ethyl adjacent to an activating group) is 1. The van der Waals surface area contributed by atoms with Crippen molar-refractivity contribution in [3.05, 3.63) is 23.3 Å². The highest BCUT2D eigenvalue weighted by molar-refractivity contribution is 8.03. The number of likely N-dealkylation sites (tertiary alicyclic amines) is 1. The zero-order valence-corrected chi connectivity index (χ0v) is 21.5. The number of β-lactam (4-membered cyclic amide) rings is 1. The standard InChI is InChI=1S/C24H34N4O7S/c1-4-9-35-24(34)27-12-16(10-15(27)11-26-7-6-25(3)13-18(26)30)36-21-14(2)19-17(5-8-29)22(31)28(19)20(21)23(32)33/h4,14-17,19,29H,1,5-13H2,2-3H3,(H,32,33)/t14-,15+,16+,17+,19-/m1/s1. The number of rotatable bonds is 9. The Morgan fingerprint density at radius 2 is 2.03 bits per heavy atom. The molecule has 3 amide bonds. The average molecular weight is 523 g/mol. The lowest BCUT2D eigenvalue weighted by Crippen LogP contribution is -2.60. The summed E-state index contributed by atoms with van der Waals surface area (Å²) in [6, 6.07) is -0.536. The van der Waals surface area contributed by atoms with Crippen LogP contribution in [0.2, 0.25) is 0 Å². The number of carboxylic acid groups (broad SMARTS) is 1. The third-order valence-corrected chi connectivity index (χ3v) is 8.97. The van der Waals surface area contributed by atoms with E-state index in [0.717, 1.165) is 6.54 Å². The third kappa shape index (κ3) is 4.85. The van der Waals surface area contributed by atoms with Gasteiger partial charge in [0.2, 0.25) is 11.8 Å². The summed E-state index contributed by atoms with van der Waals surface area (Å²) in [5.41, 5.74) is 0.00942. The molecule has 0 bridgehead atoms. The lowest BCUT2D eigenvalue weighted by atomic mass is 9.80. The predicted octanol–water partition coefficient (Wildman–Crippen LogP) is 0.414. The van der Waals surface area contributed by atoms with Gasteiger partial charge in [0.25, 0.3) is 0 Å². The van der Waals surface area contributed by atoms with Gasteiger partial charge in [-0.25, -0.2) is 9.59 Å². The fourth-order valence-electron chi connectivity index (χ4n) is 5.72. The fraction of sp³-hybridized carbons (Fsp3) is 0.667. The maximum atomic E-state index is 12.8. The number of carbonyl (C=O) groups is 4. The molecule has 0 radical (unpaired) electrons. The van der Waals surface area contributed by atoms with Crippen LogP contribution in [0.25, 0.3) is 0 Å². The minimum absolute atomic E-state index is 0.00942. The Morgan fingerprint density at radius 1 is 1.28 bits per heavy atom. The van der Waals surface area contributed by atoms with Gasteiger partial charge in [-0.15, -0.1) is 11.8 Å². The summed E-state index contributed by atoms with van der Waals surface area (Å²) in [5, 5.41) is 19.2. The normalized spacial score (nSPS) is 30.5. The molecule has 5 atom stereocenters. The smallest absolute Gasteiger partial charge is 0.410 e. The molecule has 4 aliphatic heterocycles. The molecular formula is C24H34N4O7S. The lowest BCUT2D eigenvalue weighted by molar-refractivity contribution is -0.157. The second kappa shape index (κ2) is 10.8. The van der Waals surface area contributed by atoms with Crippen LogP contribution in [0.4, 0.5) is 4.79 Å². The van der Waals surface area contributed by atoms with Crippen molar-refractivity contribution in [2.45, 2.75) is 37.1 Å². The molecule has 4 heterocycles. The van der Waals surface area contributed by atoms with Crippen LogP contribution in [-0.2, 0) is 19.1 Å². The highest BCUT2D eigenvalue weighted by Gasteiger charge is 2.58. The summed E-state index contributed by atoms with van der Waals surface area (Å²) in [4.78, 5) is 57.5. The Balaban J connectivity index is 1.52. The van der Waals surface area contributed by atoms with Crippen molar-refractivity contribution in [2.24, 2.45) is 11.8 Å². The molecule has 198 valence electrons. The number of piperazine rings is 1. The van der Waals surface area contributed by atoms with Crippen molar-refractivity contribution >= 4 is 35.6 Å². The minimum Gasteiger partial charge on any atom is -0.477 e. The minimum atomic E-state index is -1.15. The van der Waals surface area contributed by atoms with Crippen LogP contribution in [0.15, 0.2) is 23.3 Å². The first kappa shape index (κ1) is 26.5. The van der Waals surface area contributed by atoms with Gasteiger partial charge in [0, 0.05) is 48.9 Å². The maximum absolute atomic E-state index is 12.8. The van der Waals surface area contributed by atoms with Gasteiger partial charge in [0.1, 0.15) is 12.3 Å². The van der Waals surface area contributed by atoms with Crippen molar-refractivity contribution in [2.75, 3.05) is 53.0 Å². The molecule has 0 saturated carbocycles. The first-order chi connectivity index (χ1) is 17.2. The Labute approximate surface area is 214 Å². The van der Waals surface area contributed by atoms with Crippen molar-refractivity contribution in [1.82, 2.24) is 19.6 Å². The van der Waals surface area contributed by atoms with Crippen LogP contribution in [0.5, 0.6) is 0 Å². The second-order valence-corrected chi connectivity index (χ2v) is 11.2. The molecule has 0 unspecified atom stereocenters. The van der Waals surface area contributed by atoms with E-state index in [0.29, 0.717) is 43.9 Å². The van der Waals surface area contributed by atoms with E-state index in [4.69, 9.17) is 4.74 Å². The van der Waals surface area contributed by atoms with Crippen LogP contribution in [0.3, 0.4) is 0 Å². The number of carboxylic acids is 1. The number of ether oxygens (including phenoxy) is 1. The van der Waals surface area contributed by atoms with E-state index in [1.165, 1.54) is 22.7 Å². The molecule has 12 heteroatoms. The van der Waals surface area contributed by atoms with Gasteiger partial charge in [0.05, 0.1) is 24.5 Å². The Hall–Kier alpha value is -2.57. The van der Waals surface area contributed by atoms with Gasteiger partial charge in [-0.2, -0.15) is 0 Å². The largest absolute Gasteiger partial charge is 0.477 e. The zero-order chi connectivity index (χ0) is 26.1. The number of hydrogen-bond acceptors (Lipinski definition) is 8. The molecule has 0 aliphatic carbocycles. The predicted molar refractivity (Wildman–Crippen MR) is 132 cm³/mol. The first-order valence-electron chi connectivity index (χ1n) is 12.3. The number of amides is 3. The summed E-state index contributed by atoms with van der Waals surface area (Å²) in [5.74, 6) is -1.97. The highest BCUT2D eigenvalue weighted by atomic mass is 32.2. The van der Waals surface area contributed by atoms with Gasteiger partial charge in [-0.05, 0) is 19.9 Å². The molecule has 3 fully saturated rings. The molecule has 36 heavy (non-hydrogen) atoms. The van der Waals surface area contributed by atoms with Crippen LogP contribution in [-0.4, -0.2) is 124 Å². The second-order valence-electron chi connectivity index (χ2n) is 9.85. The number of aliphatic hydroxyl groups is 1. The number of carbonyl (C=O) groups excluding carboxylic acids is 3. The van der Waals surface area contributed by atoms with Crippen molar-refractivity contribution in [3.8, 4) is 0 Å². The fourth-order valence-corrected chi connectivity index (χ4v) is 7.28. The molecule has 4 aliphatic rings. The molecule has 0 aromatic heterocycles. The summed E-state index contributed by atoms with van der Waals surface area (Å²) in [6.45, 7) is 7.84. The van der Waals surface area contributed by atoms with Gasteiger partial charge in [-0.1, -0.05) is 19.6 Å². The number of hydrogen-bond donors (Lipinski definition) is 2. The number of aliphatic hydroxyl groups excluding tert-OH is 1. The van der Waals surface area contributed by atoms with Crippen LogP contribution >= 0.6 is 11.8 Å². The van der Waals surface area contributed by atoms with E-state index in [1.54, 1.807) is 9.80 Å². The molecule has 0 aromatic rings. The van der Waals surface area contributed by atoms with Gasteiger partial charge < -0.3 is 29.6 Å². The molecule has 0 spiro atoms. The van der Waals surface area contributed by atoms with Gasteiger partial charge in [-0.3, -0.25) is 14.5 Å². The Morgan fingerprint density at radius 3 is 2.67 bits per heavy atom. The Bertz CT molecular complexity index is 972. The quantitative estimate of drug-likeness (QED) is 0.327. The number of aliphatic carboxylic acids is 1. The van der Waals surface area contributed by atoms with Crippen LogP contribution in [0, 0.1) is 11.8 Å². The summed E-state index contributed by atoms with van der Waals surface area (Å²) in [6.07, 6.45) is 1.88. The van der Waals surface area contributed by atoms with E-state index in [-0.39, 0.29) is 59.9 Å². The zero-order valence-electron chi connectivity index (χ0n) is 20.7. The summed E-state index contributed by atoms with van der Waals surface area (Å²) >= 11 is 1.40. The van der Waals surface area contributed by atoms with Crippen LogP contribution < -0.4 is 0 Å². The van der Waals surface area contributed by atoms with Gasteiger partial charge >= 0.3 is 12.1 Å². The Kier molecular flexibility index (Phi) is 7.96. The third-order valence-electron chi connectivity index (χ3n) is 7.48. The SMILES string of the molecule is C=CCOC(=O)N1C[C@@H](SC2=C(C(=O)O)N3C(=O)[C@@H](CCO)[C@H]3[C@H]2C)C[C@H]1CN1CCN(C)CC1=O.